The van der Waals surface area contributed by atoms with E-state index in [9.17, 15) is 0 Å². The summed E-state index contributed by atoms with van der Waals surface area (Å²) in [5, 5.41) is 7.57. The molecule has 0 unspecified atom stereocenters. The first-order valence-electron chi connectivity index (χ1n) is 1.02. The van der Waals surface area contributed by atoms with Gasteiger partial charge in [-0.15, -0.1) is 0 Å². The Morgan fingerprint density at radius 3 is 1.75 bits per heavy atom. The Morgan fingerprint density at radius 1 is 1.75 bits per heavy atom. The van der Waals surface area contributed by atoms with Gasteiger partial charge in [-0.25, -0.2) is 0 Å². The van der Waals surface area contributed by atoms with Gasteiger partial charge in [-0.2, -0.15) is 0 Å². The number of rotatable bonds is 0. The van der Waals surface area contributed by atoms with Gasteiger partial charge in [-0.1, -0.05) is 0 Å². The van der Waals surface area contributed by atoms with Crippen molar-refractivity contribution in [2.45, 2.75) is 6.92 Å². The van der Waals surface area contributed by atoms with E-state index in [1.807, 2.05) is 0 Å². The van der Waals surface area contributed by atoms with Crippen molar-refractivity contribution in [3.63, 3.8) is 0 Å². The van der Waals surface area contributed by atoms with E-state index in [0.29, 0.717) is 0 Å². The largest absolute Gasteiger partial charge is 0.397 e. The first kappa shape index (κ1) is 8.82. The average molecular weight is 232 g/mol. The van der Waals surface area contributed by atoms with E-state index in [4.69, 9.17) is 5.11 Å². The average Bonchev–Trinajstić information content (AvgIpc) is 0.918. The van der Waals surface area contributed by atoms with Gasteiger partial charge in [0.1, 0.15) is 0 Å². The molecule has 27 valence electrons. The molecule has 0 aliphatic rings. The monoisotopic (exact) mass is 233 g/mol. The normalized spacial score (nSPS) is 4.50. The molecule has 0 saturated heterocycles. The van der Waals surface area contributed by atoms with Gasteiger partial charge < -0.3 is 5.11 Å². The van der Waals surface area contributed by atoms with Gasteiger partial charge in [-0.05, 0) is 6.92 Å². The molecule has 0 heterocycles. The van der Waals surface area contributed by atoms with Crippen molar-refractivity contribution in [1.29, 1.82) is 0 Å². The summed E-state index contributed by atoms with van der Waals surface area (Å²) in [4.78, 5) is 0. The summed E-state index contributed by atoms with van der Waals surface area (Å²) >= 11 is 0. The van der Waals surface area contributed by atoms with Crippen molar-refractivity contribution in [2.75, 3.05) is 6.61 Å². The molecule has 4 heavy (non-hydrogen) atoms. The van der Waals surface area contributed by atoms with Crippen LogP contribution in [0.5, 0.6) is 0 Å². The molecule has 0 aromatic carbocycles. The maximum atomic E-state index is 7.57. The Labute approximate surface area is 39.7 Å². The van der Waals surface area contributed by atoms with Gasteiger partial charge in [0.15, 0.2) is 0 Å². The number of hydrogen-bond acceptors (Lipinski definition) is 1. The van der Waals surface area contributed by atoms with Crippen LogP contribution in [-0.2, 0) is 20.4 Å². The van der Waals surface area contributed by atoms with Gasteiger partial charge in [0.05, 0.1) is 0 Å². The van der Waals surface area contributed by atoms with Crippen LogP contribution in [0.3, 0.4) is 0 Å². The van der Waals surface area contributed by atoms with E-state index < -0.39 is 0 Å². The van der Waals surface area contributed by atoms with Gasteiger partial charge >= 0.3 is 0 Å². The summed E-state index contributed by atoms with van der Waals surface area (Å²) in [7, 11) is 0. The molecule has 2 heteroatoms. The van der Waals surface area contributed by atoms with Gasteiger partial charge in [0.2, 0.25) is 0 Å². The second-order valence-corrected chi connectivity index (χ2v) is 0.316. The van der Waals surface area contributed by atoms with Crippen molar-refractivity contribution < 1.29 is 25.5 Å². The topological polar surface area (TPSA) is 20.2 Å². The Morgan fingerprint density at radius 2 is 1.75 bits per heavy atom. The Balaban J connectivity index is 0. The smallest absolute Gasteiger partial charge is 0.0402 e. The minimum Gasteiger partial charge on any atom is -0.397 e. The molecule has 0 rings (SSSR count). The summed E-state index contributed by atoms with van der Waals surface area (Å²) in [6.07, 6.45) is 0. The van der Waals surface area contributed by atoms with Crippen molar-refractivity contribution >= 4 is 0 Å². The molecule has 0 aliphatic heterocycles. The van der Waals surface area contributed by atoms with Crippen LogP contribution in [0.2, 0.25) is 0 Å². The number of hydrogen-bond donors (Lipinski definition) is 1. The zero-order chi connectivity index (χ0) is 2.71. The third-order valence-corrected chi connectivity index (χ3v) is 0. The van der Waals surface area contributed by atoms with Crippen LogP contribution in [0.4, 0.5) is 0 Å². The summed E-state index contributed by atoms with van der Waals surface area (Å²) in [5.74, 6) is 0. The third kappa shape index (κ3) is 17.8. The molecule has 1 nitrogen and oxygen atoms in total. The van der Waals surface area contributed by atoms with Crippen molar-refractivity contribution in [2.24, 2.45) is 0 Å². The van der Waals surface area contributed by atoms with E-state index in [0.717, 1.165) is 0 Å². The maximum Gasteiger partial charge on any atom is 0.0402 e. The third-order valence-electron chi connectivity index (χ3n) is 0. The summed E-state index contributed by atoms with van der Waals surface area (Å²) in [6, 6.07) is 0. The SMILES string of the molecule is CCO.[Re]. The predicted octanol–water partition coefficient (Wildman–Crippen LogP) is -0.00390. The Bertz CT molecular complexity index is 6.00. The van der Waals surface area contributed by atoms with Gasteiger partial charge in [0.25, 0.3) is 0 Å². The first-order valence-corrected chi connectivity index (χ1v) is 1.02. The fraction of sp³-hybridized carbons (Fsp3) is 1.00. The summed E-state index contributed by atoms with van der Waals surface area (Å²) in [6.45, 7) is 1.93. The molecule has 0 atom stereocenters. The molecule has 0 bridgehead atoms. The fourth-order valence-electron chi connectivity index (χ4n) is 0. The van der Waals surface area contributed by atoms with E-state index >= 15 is 0 Å². The first-order chi connectivity index (χ1) is 1.41. The molecule has 0 saturated carbocycles. The molecule has 0 amide bonds. The molecule has 1 radical (unpaired) electrons. The zero-order valence-electron chi connectivity index (χ0n) is 2.53. The van der Waals surface area contributed by atoms with Gasteiger partial charge in [-0.3, -0.25) is 0 Å². The van der Waals surface area contributed by atoms with Crippen LogP contribution in [0.15, 0.2) is 0 Å². The fourth-order valence-corrected chi connectivity index (χ4v) is 0. The predicted molar refractivity (Wildman–Crippen MR) is 12.8 cm³/mol. The van der Waals surface area contributed by atoms with Crippen LogP contribution in [0.25, 0.3) is 0 Å². The van der Waals surface area contributed by atoms with Crippen molar-refractivity contribution in [1.82, 2.24) is 0 Å². The molecule has 1 N–H and O–H groups in total. The van der Waals surface area contributed by atoms with E-state index in [-0.39, 0.29) is 27.0 Å². The Hall–Kier alpha value is 0.622. The van der Waals surface area contributed by atoms with Crippen molar-refractivity contribution in [3.05, 3.63) is 0 Å². The van der Waals surface area contributed by atoms with Crippen LogP contribution in [-0.4, -0.2) is 11.7 Å². The minimum absolute atomic E-state index is 0. The second-order valence-electron chi connectivity index (χ2n) is 0.316. The Kier molecular flexibility index (Phi) is 20.9. The van der Waals surface area contributed by atoms with E-state index in [1.54, 1.807) is 6.92 Å². The number of aliphatic hydroxyl groups is 1. The quantitative estimate of drug-likeness (QED) is 0.623. The number of aliphatic hydroxyl groups excluding tert-OH is 1. The molecule has 0 spiro atoms. The second kappa shape index (κ2) is 9.46. The molecule has 0 aromatic rings. The van der Waals surface area contributed by atoms with E-state index in [1.165, 1.54) is 0 Å². The standard InChI is InChI=1S/C2H6O.Re/c1-2-3;/h3H,2H2,1H3;. The maximum absolute atomic E-state index is 7.57. The van der Waals surface area contributed by atoms with Crippen molar-refractivity contribution in [3.8, 4) is 0 Å². The summed E-state index contributed by atoms with van der Waals surface area (Å²) in [5.41, 5.74) is 0. The molecule has 0 fully saturated rings. The minimum atomic E-state index is 0. The molecular weight excluding hydrogens is 226 g/mol. The van der Waals surface area contributed by atoms with Gasteiger partial charge in [0, 0.05) is 27.0 Å². The van der Waals surface area contributed by atoms with Crippen LogP contribution in [0.1, 0.15) is 6.92 Å². The summed E-state index contributed by atoms with van der Waals surface area (Å²) < 4.78 is 0. The molecule has 0 aliphatic carbocycles. The zero-order valence-corrected chi connectivity index (χ0v) is 5.25. The van der Waals surface area contributed by atoms with Crippen LogP contribution >= 0.6 is 0 Å². The molecule has 0 aromatic heterocycles. The van der Waals surface area contributed by atoms with E-state index in [2.05, 4.69) is 0 Å². The molecular formula is C2H6ORe. The van der Waals surface area contributed by atoms with Crippen LogP contribution < -0.4 is 0 Å². The van der Waals surface area contributed by atoms with Crippen LogP contribution in [0, 0.1) is 0 Å².